The highest BCUT2D eigenvalue weighted by Gasteiger charge is 2.27. The van der Waals surface area contributed by atoms with E-state index in [0.29, 0.717) is 0 Å². The molecule has 0 fully saturated rings. The number of rotatable bonds is 7. The first-order chi connectivity index (χ1) is 10.0. The van der Waals surface area contributed by atoms with E-state index in [1.54, 1.807) is 31.2 Å². The molecule has 0 spiro atoms. The van der Waals surface area contributed by atoms with Crippen LogP contribution in [-0.2, 0) is 25.4 Å². The first kappa shape index (κ1) is 17.1. The summed E-state index contributed by atoms with van der Waals surface area (Å²) in [4.78, 5) is 33.0. The van der Waals surface area contributed by atoms with Gasteiger partial charge in [0.2, 0.25) is 0 Å². The Kier molecular flexibility index (Phi) is 7.36. The monoisotopic (exact) mass is 314 g/mol. The maximum atomic E-state index is 11.8. The van der Waals surface area contributed by atoms with Crippen LogP contribution in [0.1, 0.15) is 12.5 Å². The SMILES string of the molecule is CCOC(=O)CN(C[P+](=O)O)C(=O)OCc1ccccc1. The van der Waals surface area contributed by atoms with E-state index in [-0.39, 0.29) is 13.2 Å². The minimum Gasteiger partial charge on any atom is -0.465 e. The van der Waals surface area contributed by atoms with Crippen LogP contribution < -0.4 is 0 Å². The van der Waals surface area contributed by atoms with Gasteiger partial charge in [0, 0.05) is 0 Å². The third-order valence-electron chi connectivity index (χ3n) is 2.38. The Labute approximate surface area is 123 Å². The molecule has 0 radical (unpaired) electrons. The van der Waals surface area contributed by atoms with Gasteiger partial charge in [0.25, 0.3) is 6.29 Å². The van der Waals surface area contributed by atoms with Gasteiger partial charge in [-0.15, -0.1) is 0 Å². The maximum Gasteiger partial charge on any atom is 0.527 e. The van der Waals surface area contributed by atoms with Gasteiger partial charge in [0.15, 0.2) is 0 Å². The van der Waals surface area contributed by atoms with Crippen molar-refractivity contribution in [2.75, 3.05) is 19.4 Å². The first-order valence-corrected chi connectivity index (χ1v) is 7.67. The zero-order chi connectivity index (χ0) is 15.7. The van der Waals surface area contributed by atoms with Crippen LogP contribution >= 0.6 is 8.03 Å². The van der Waals surface area contributed by atoms with Crippen molar-refractivity contribution in [3.8, 4) is 0 Å². The number of carbonyl (C=O) groups excluding carboxylic acids is 2. The van der Waals surface area contributed by atoms with Crippen LogP contribution in [-0.4, -0.2) is 41.3 Å². The van der Waals surface area contributed by atoms with E-state index in [0.717, 1.165) is 10.5 Å². The van der Waals surface area contributed by atoms with Gasteiger partial charge in [-0.3, -0.25) is 9.69 Å². The normalized spacial score (nSPS) is 10.7. The van der Waals surface area contributed by atoms with Crippen LogP contribution in [0.3, 0.4) is 0 Å². The standard InChI is InChI=1S/C13H16NO6P/c1-2-19-12(15)8-14(10-21(17)18)13(16)20-9-11-6-4-3-5-7-11/h3-7H,2,8-10H2,1H3/p+1. The second kappa shape index (κ2) is 9.05. The second-order valence-corrected chi connectivity index (χ2v) is 5.02. The summed E-state index contributed by atoms with van der Waals surface area (Å²) in [6.07, 6.45) is -1.33. The lowest BCUT2D eigenvalue weighted by atomic mass is 10.2. The van der Waals surface area contributed by atoms with Crippen LogP contribution in [0, 0.1) is 0 Å². The molecule has 21 heavy (non-hydrogen) atoms. The molecule has 0 saturated carbocycles. The quantitative estimate of drug-likeness (QED) is 0.610. The highest BCUT2D eigenvalue weighted by Crippen LogP contribution is 2.16. The first-order valence-electron chi connectivity index (χ1n) is 6.27. The van der Waals surface area contributed by atoms with Gasteiger partial charge < -0.3 is 9.47 Å². The second-order valence-electron chi connectivity index (χ2n) is 4.04. The van der Waals surface area contributed by atoms with Crippen molar-refractivity contribution in [3.05, 3.63) is 35.9 Å². The molecule has 7 nitrogen and oxygen atoms in total. The summed E-state index contributed by atoms with van der Waals surface area (Å²) in [7, 11) is -2.61. The van der Waals surface area contributed by atoms with Gasteiger partial charge >= 0.3 is 20.1 Å². The summed E-state index contributed by atoms with van der Waals surface area (Å²) in [5.74, 6) is -0.661. The topological polar surface area (TPSA) is 93.1 Å². The molecule has 1 atom stereocenters. The Morgan fingerprint density at radius 2 is 1.90 bits per heavy atom. The molecule has 0 aromatic heterocycles. The van der Waals surface area contributed by atoms with Gasteiger partial charge in [0.1, 0.15) is 13.2 Å². The lowest BCUT2D eigenvalue weighted by Crippen LogP contribution is -2.36. The fourth-order valence-corrected chi connectivity index (χ4v) is 2.00. The number of amides is 1. The van der Waals surface area contributed by atoms with Crippen LogP contribution in [0.4, 0.5) is 4.79 Å². The van der Waals surface area contributed by atoms with Gasteiger partial charge in [0.05, 0.1) is 6.61 Å². The average molecular weight is 314 g/mol. The lowest BCUT2D eigenvalue weighted by molar-refractivity contribution is -0.143. The predicted molar refractivity (Wildman–Crippen MR) is 74.7 cm³/mol. The van der Waals surface area contributed by atoms with Crippen molar-refractivity contribution >= 4 is 20.1 Å². The van der Waals surface area contributed by atoms with Crippen molar-refractivity contribution in [1.29, 1.82) is 0 Å². The highest BCUT2D eigenvalue weighted by atomic mass is 31.1. The molecular formula is C13H17NO6P+. The van der Waals surface area contributed by atoms with E-state index in [2.05, 4.69) is 0 Å². The van der Waals surface area contributed by atoms with Crippen LogP contribution in [0.5, 0.6) is 0 Å². The molecule has 1 aromatic carbocycles. The van der Waals surface area contributed by atoms with Crippen LogP contribution in [0.25, 0.3) is 0 Å². The highest BCUT2D eigenvalue weighted by molar-refractivity contribution is 7.37. The third-order valence-corrected chi connectivity index (χ3v) is 2.96. The van der Waals surface area contributed by atoms with Crippen LogP contribution in [0.2, 0.25) is 0 Å². The molecule has 0 aliphatic carbocycles. The molecule has 1 rings (SSSR count). The number of benzene rings is 1. The maximum absolute atomic E-state index is 11.8. The third kappa shape index (κ3) is 6.83. The number of carbonyl (C=O) groups is 2. The number of nitrogens with zero attached hydrogens (tertiary/aromatic N) is 1. The smallest absolute Gasteiger partial charge is 0.465 e. The van der Waals surface area contributed by atoms with Gasteiger partial charge in [-0.1, -0.05) is 30.3 Å². The average Bonchev–Trinajstić information content (AvgIpc) is 2.45. The van der Waals surface area contributed by atoms with E-state index in [4.69, 9.17) is 14.4 Å². The van der Waals surface area contributed by atoms with E-state index < -0.39 is 32.9 Å². The van der Waals surface area contributed by atoms with E-state index in [1.807, 2.05) is 6.07 Å². The van der Waals surface area contributed by atoms with Gasteiger partial charge in [-0.05, 0) is 17.1 Å². The number of hydrogen-bond acceptors (Lipinski definition) is 5. The summed E-state index contributed by atoms with van der Waals surface area (Å²) in [6.45, 7) is 1.38. The number of esters is 1. The van der Waals surface area contributed by atoms with E-state index in [1.165, 1.54) is 0 Å². The molecule has 0 saturated heterocycles. The van der Waals surface area contributed by atoms with Crippen molar-refractivity contribution in [1.82, 2.24) is 4.90 Å². The van der Waals surface area contributed by atoms with Gasteiger partial charge in [-0.25, -0.2) is 4.79 Å². The van der Waals surface area contributed by atoms with Crippen molar-refractivity contribution < 1.29 is 28.5 Å². The van der Waals surface area contributed by atoms with Crippen molar-refractivity contribution in [3.63, 3.8) is 0 Å². The summed E-state index contributed by atoms with van der Waals surface area (Å²) < 4.78 is 20.6. The lowest BCUT2D eigenvalue weighted by Gasteiger charge is -2.16. The molecule has 0 aliphatic rings. The van der Waals surface area contributed by atoms with Gasteiger partial charge in [-0.2, -0.15) is 4.89 Å². The summed E-state index contributed by atoms with van der Waals surface area (Å²) in [6, 6.07) is 8.97. The minimum atomic E-state index is -2.61. The summed E-state index contributed by atoms with van der Waals surface area (Å²) in [5.41, 5.74) is 0.773. The number of ether oxygens (including phenoxy) is 2. The molecule has 1 amide bonds. The van der Waals surface area contributed by atoms with Crippen LogP contribution in [0.15, 0.2) is 30.3 Å². The number of hydrogen-bond donors (Lipinski definition) is 1. The fraction of sp³-hybridized carbons (Fsp3) is 0.385. The van der Waals surface area contributed by atoms with E-state index >= 15 is 0 Å². The molecule has 0 aliphatic heterocycles. The Hall–Kier alpha value is -1.98. The Morgan fingerprint density at radius 1 is 1.24 bits per heavy atom. The zero-order valence-electron chi connectivity index (χ0n) is 11.6. The van der Waals surface area contributed by atoms with Crippen molar-refractivity contribution in [2.45, 2.75) is 13.5 Å². The Balaban J connectivity index is 2.58. The van der Waals surface area contributed by atoms with E-state index in [9.17, 15) is 14.2 Å². The molecule has 1 aromatic rings. The zero-order valence-corrected chi connectivity index (χ0v) is 12.5. The molecule has 0 heterocycles. The predicted octanol–water partition coefficient (Wildman–Crippen LogP) is 1.88. The molecular weight excluding hydrogens is 297 g/mol. The molecule has 0 bridgehead atoms. The fourth-order valence-electron chi connectivity index (χ4n) is 1.49. The van der Waals surface area contributed by atoms with Crippen molar-refractivity contribution in [2.24, 2.45) is 0 Å². The molecule has 114 valence electrons. The minimum absolute atomic E-state index is 0.0151. The summed E-state index contributed by atoms with van der Waals surface area (Å²) in [5, 5.41) is 0. The molecule has 1 unspecified atom stereocenters. The largest absolute Gasteiger partial charge is 0.527 e. The molecule has 8 heteroatoms. The Bertz CT molecular complexity index is 493. The summed E-state index contributed by atoms with van der Waals surface area (Å²) >= 11 is 0. The Morgan fingerprint density at radius 3 is 2.48 bits per heavy atom. The molecule has 1 N–H and O–H groups in total.